The van der Waals surface area contributed by atoms with Crippen molar-refractivity contribution in [3.05, 3.63) is 23.2 Å². The van der Waals surface area contributed by atoms with Gasteiger partial charge in [-0.3, -0.25) is 0 Å². The highest BCUT2D eigenvalue weighted by Crippen LogP contribution is 2.28. The molecule has 0 radical (unpaired) electrons. The minimum absolute atomic E-state index is 0.638. The molecule has 1 heterocycles. The van der Waals surface area contributed by atoms with E-state index in [4.69, 9.17) is 14.1 Å². The van der Waals surface area contributed by atoms with E-state index in [9.17, 15) is 0 Å². The smallest absolute Gasteiger partial charge is 0.194 e. The van der Waals surface area contributed by atoms with Crippen LogP contribution in [-0.4, -0.2) is 44.2 Å². The lowest BCUT2D eigenvalue weighted by Gasteiger charge is -2.22. The van der Waals surface area contributed by atoms with Crippen molar-refractivity contribution in [1.82, 2.24) is 10.2 Å². The van der Waals surface area contributed by atoms with Crippen LogP contribution >= 0.6 is 0 Å². The molecule has 0 atom stereocenters. The van der Waals surface area contributed by atoms with Crippen molar-refractivity contribution < 1.29 is 9.15 Å². The first-order chi connectivity index (χ1) is 10.6. The van der Waals surface area contributed by atoms with Crippen LogP contribution in [0.4, 0.5) is 0 Å². The predicted octanol–water partition coefficient (Wildman–Crippen LogP) is 2.72. The molecular weight excluding hydrogens is 278 g/mol. The van der Waals surface area contributed by atoms with E-state index < -0.39 is 0 Å². The number of ether oxygens (including phenoxy) is 1. The van der Waals surface area contributed by atoms with Crippen LogP contribution in [-0.2, 0) is 11.3 Å². The molecule has 0 aliphatic heterocycles. The van der Waals surface area contributed by atoms with Gasteiger partial charge in [-0.15, -0.1) is 0 Å². The van der Waals surface area contributed by atoms with Crippen LogP contribution in [0, 0.1) is 19.8 Å². The van der Waals surface area contributed by atoms with Crippen molar-refractivity contribution in [1.29, 1.82) is 0 Å². The third-order valence-electron chi connectivity index (χ3n) is 3.86. The van der Waals surface area contributed by atoms with Crippen molar-refractivity contribution in [2.75, 3.05) is 33.4 Å². The van der Waals surface area contributed by atoms with Crippen molar-refractivity contribution >= 4 is 5.96 Å². The number of furan rings is 1. The molecule has 1 fully saturated rings. The molecule has 1 aliphatic rings. The Bertz CT molecular complexity index is 492. The van der Waals surface area contributed by atoms with Crippen LogP contribution in [0.3, 0.4) is 0 Å². The third kappa shape index (κ3) is 5.37. The summed E-state index contributed by atoms with van der Waals surface area (Å²) in [5.41, 5.74) is 1.14. The van der Waals surface area contributed by atoms with Gasteiger partial charge < -0.3 is 19.4 Å². The molecule has 1 aromatic heterocycles. The molecule has 0 bridgehead atoms. The zero-order valence-corrected chi connectivity index (χ0v) is 14.3. The van der Waals surface area contributed by atoms with Gasteiger partial charge in [0.25, 0.3) is 0 Å². The molecule has 22 heavy (non-hydrogen) atoms. The Labute approximate surface area is 133 Å². The van der Waals surface area contributed by atoms with Gasteiger partial charge in [0.1, 0.15) is 11.5 Å². The molecule has 0 unspecified atom stereocenters. The van der Waals surface area contributed by atoms with Crippen LogP contribution in [0.5, 0.6) is 0 Å². The van der Waals surface area contributed by atoms with Gasteiger partial charge in [-0.25, -0.2) is 4.99 Å². The summed E-state index contributed by atoms with van der Waals surface area (Å²) >= 11 is 0. The van der Waals surface area contributed by atoms with Crippen molar-refractivity contribution in [2.45, 2.75) is 40.2 Å². The zero-order chi connectivity index (χ0) is 15.9. The fourth-order valence-corrected chi connectivity index (χ4v) is 2.31. The minimum atomic E-state index is 0.638. The lowest BCUT2D eigenvalue weighted by molar-refractivity contribution is 0.115. The first kappa shape index (κ1) is 16.9. The molecule has 124 valence electrons. The van der Waals surface area contributed by atoms with E-state index in [1.807, 2.05) is 13.8 Å². The first-order valence-corrected chi connectivity index (χ1v) is 8.23. The molecule has 5 nitrogen and oxygen atoms in total. The number of likely N-dealkylation sites (N-methyl/N-ethyl adjacent to an activating group) is 1. The number of guanidine groups is 1. The molecule has 1 aromatic rings. The second-order valence-corrected chi connectivity index (χ2v) is 6.05. The van der Waals surface area contributed by atoms with E-state index in [2.05, 4.69) is 30.3 Å². The van der Waals surface area contributed by atoms with Crippen LogP contribution in [0.15, 0.2) is 15.5 Å². The normalized spacial score (nSPS) is 15.2. The summed E-state index contributed by atoms with van der Waals surface area (Å²) < 4.78 is 11.3. The Morgan fingerprint density at radius 3 is 2.82 bits per heavy atom. The monoisotopic (exact) mass is 307 g/mol. The first-order valence-electron chi connectivity index (χ1n) is 8.23. The highest BCUT2D eigenvalue weighted by Gasteiger charge is 2.21. The van der Waals surface area contributed by atoms with Gasteiger partial charge in [-0.2, -0.15) is 0 Å². The molecule has 5 heteroatoms. The van der Waals surface area contributed by atoms with Crippen LogP contribution < -0.4 is 5.32 Å². The van der Waals surface area contributed by atoms with Crippen LogP contribution in [0.1, 0.15) is 36.8 Å². The number of aliphatic imine (C=N–C) groups is 1. The molecule has 0 spiro atoms. The Morgan fingerprint density at radius 1 is 1.45 bits per heavy atom. The fraction of sp³-hybridized carbons (Fsp3) is 0.706. The topological polar surface area (TPSA) is 50.0 Å². The van der Waals surface area contributed by atoms with Crippen molar-refractivity contribution in [3.8, 4) is 0 Å². The molecule has 2 rings (SSSR count). The quantitative estimate of drug-likeness (QED) is 0.456. The zero-order valence-electron chi connectivity index (χ0n) is 14.3. The number of aryl methyl sites for hydroxylation is 2. The molecule has 0 aromatic carbocycles. The summed E-state index contributed by atoms with van der Waals surface area (Å²) in [5.74, 6) is 3.62. The minimum Gasteiger partial charge on any atom is -0.466 e. The van der Waals surface area contributed by atoms with Crippen molar-refractivity contribution in [3.63, 3.8) is 0 Å². The number of nitrogens with zero attached hydrogens (tertiary/aromatic N) is 2. The summed E-state index contributed by atoms with van der Waals surface area (Å²) in [4.78, 5) is 6.82. The van der Waals surface area contributed by atoms with Gasteiger partial charge >= 0.3 is 0 Å². The Hall–Kier alpha value is -1.49. The molecule has 0 saturated heterocycles. The second kappa shape index (κ2) is 8.22. The lowest BCUT2D eigenvalue weighted by atomic mass is 10.2. The van der Waals surface area contributed by atoms with E-state index in [-0.39, 0.29) is 0 Å². The van der Waals surface area contributed by atoms with Crippen molar-refractivity contribution in [2.24, 2.45) is 10.9 Å². The maximum absolute atomic E-state index is 5.70. The fourth-order valence-electron chi connectivity index (χ4n) is 2.31. The molecule has 1 N–H and O–H groups in total. The highest BCUT2D eigenvalue weighted by atomic mass is 16.5. The number of rotatable bonds is 8. The Kier molecular flexibility index (Phi) is 6.31. The molecule has 1 aliphatic carbocycles. The average molecular weight is 307 g/mol. The van der Waals surface area contributed by atoms with Crippen LogP contribution in [0.2, 0.25) is 0 Å². The standard InChI is InChI=1S/C17H29N3O2/c1-5-18-17(19-11-16-10-13(2)22-14(16)3)20(4)8-9-21-12-15-6-7-15/h10,15H,5-9,11-12H2,1-4H3,(H,18,19). The van der Waals surface area contributed by atoms with Crippen LogP contribution in [0.25, 0.3) is 0 Å². The number of nitrogens with one attached hydrogen (secondary N) is 1. The van der Waals surface area contributed by atoms with Gasteiger partial charge in [-0.05, 0) is 45.6 Å². The van der Waals surface area contributed by atoms with Gasteiger partial charge in [0.2, 0.25) is 0 Å². The predicted molar refractivity (Wildman–Crippen MR) is 89.2 cm³/mol. The van der Waals surface area contributed by atoms with E-state index in [1.54, 1.807) is 0 Å². The molecule has 1 saturated carbocycles. The van der Waals surface area contributed by atoms with E-state index >= 15 is 0 Å². The number of hydrogen-bond acceptors (Lipinski definition) is 3. The van der Waals surface area contributed by atoms with Gasteiger partial charge in [0, 0.05) is 32.3 Å². The molecular formula is C17H29N3O2. The molecule has 0 amide bonds. The highest BCUT2D eigenvalue weighted by molar-refractivity contribution is 5.79. The third-order valence-corrected chi connectivity index (χ3v) is 3.86. The summed E-state index contributed by atoms with van der Waals surface area (Å²) in [7, 11) is 2.05. The van der Waals surface area contributed by atoms with Gasteiger partial charge in [-0.1, -0.05) is 0 Å². The Morgan fingerprint density at radius 2 is 2.23 bits per heavy atom. The van der Waals surface area contributed by atoms with E-state index in [0.29, 0.717) is 6.54 Å². The summed E-state index contributed by atoms with van der Waals surface area (Å²) in [6.07, 6.45) is 2.67. The maximum Gasteiger partial charge on any atom is 0.194 e. The number of hydrogen-bond donors (Lipinski definition) is 1. The summed E-state index contributed by atoms with van der Waals surface area (Å²) in [5, 5.41) is 3.33. The lowest BCUT2D eigenvalue weighted by Crippen LogP contribution is -2.40. The second-order valence-electron chi connectivity index (χ2n) is 6.05. The van der Waals surface area contributed by atoms with Gasteiger partial charge in [0.05, 0.1) is 13.2 Å². The largest absolute Gasteiger partial charge is 0.466 e. The van der Waals surface area contributed by atoms with E-state index in [0.717, 1.165) is 55.3 Å². The Balaban J connectivity index is 1.83. The SMILES string of the molecule is CCNC(=NCc1cc(C)oc1C)N(C)CCOCC1CC1. The summed E-state index contributed by atoms with van der Waals surface area (Å²) in [6, 6.07) is 2.06. The van der Waals surface area contributed by atoms with Gasteiger partial charge in [0.15, 0.2) is 5.96 Å². The summed E-state index contributed by atoms with van der Waals surface area (Å²) in [6.45, 7) is 10.0. The maximum atomic E-state index is 5.70. The average Bonchev–Trinajstić information content (AvgIpc) is 3.24. The van der Waals surface area contributed by atoms with E-state index in [1.165, 1.54) is 12.8 Å².